The highest BCUT2D eigenvalue weighted by Crippen LogP contribution is 2.26. The van der Waals surface area contributed by atoms with Crippen LogP contribution in [0.15, 0.2) is 53.3 Å². The van der Waals surface area contributed by atoms with Gasteiger partial charge in [0.2, 0.25) is 0 Å². The van der Waals surface area contributed by atoms with Gasteiger partial charge in [-0.05, 0) is 32.0 Å². The number of nitrogens with zero attached hydrogens (tertiary/aromatic N) is 2. The molecule has 0 saturated heterocycles. The van der Waals surface area contributed by atoms with Crippen LogP contribution >= 0.6 is 0 Å². The van der Waals surface area contributed by atoms with Crippen molar-refractivity contribution in [2.24, 2.45) is 0 Å². The fraction of sp³-hybridized carbons (Fsp3) is 0.118. The van der Waals surface area contributed by atoms with Crippen molar-refractivity contribution >= 4 is 11.6 Å². The first kappa shape index (κ1) is 14.0. The molecule has 0 aliphatic heterocycles. The van der Waals surface area contributed by atoms with Gasteiger partial charge in [0, 0.05) is 29.2 Å². The molecule has 0 fully saturated rings. The summed E-state index contributed by atoms with van der Waals surface area (Å²) in [5.41, 5.74) is 3.70. The van der Waals surface area contributed by atoms with Crippen molar-refractivity contribution in [3.63, 3.8) is 0 Å². The molecule has 0 atom stereocenters. The van der Waals surface area contributed by atoms with Crippen molar-refractivity contribution < 1.29 is 9.32 Å². The minimum Gasteiger partial charge on any atom is -0.361 e. The normalized spacial score (nSPS) is 10.5. The summed E-state index contributed by atoms with van der Waals surface area (Å²) in [6, 6.07) is 11.1. The number of para-hydroxylation sites is 1. The molecule has 5 nitrogen and oxygen atoms in total. The first-order valence-corrected chi connectivity index (χ1v) is 6.90. The second kappa shape index (κ2) is 5.81. The lowest BCUT2D eigenvalue weighted by Crippen LogP contribution is -2.12. The Morgan fingerprint density at radius 2 is 1.91 bits per heavy atom. The maximum atomic E-state index is 12.3. The van der Waals surface area contributed by atoms with Gasteiger partial charge in [-0.2, -0.15) is 0 Å². The molecule has 2 heterocycles. The lowest BCUT2D eigenvalue weighted by molar-refractivity contribution is 0.102. The van der Waals surface area contributed by atoms with Crippen LogP contribution in [-0.2, 0) is 0 Å². The molecule has 0 saturated carbocycles. The standard InChI is InChI=1S/C17H15N3O2/c1-11-16(12(2)22-20-11)13-8-14(10-18-9-13)17(21)19-15-6-4-3-5-7-15/h3-10H,1-2H3,(H,19,21). The first-order chi connectivity index (χ1) is 10.6. The Labute approximate surface area is 128 Å². The smallest absolute Gasteiger partial charge is 0.257 e. The van der Waals surface area contributed by atoms with Gasteiger partial charge in [-0.15, -0.1) is 0 Å². The molecule has 1 aromatic carbocycles. The number of anilines is 1. The van der Waals surface area contributed by atoms with Crippen LogP contribution < -0.4 is 5.32 Å². The molecule has 110 valence electrons. The summed E-state index contributed by atoms with van der Waals surface area (Å²) in [5, 5.41) is 6.77. The summed E-state index contributed by atoms with van der Waals surface area (Å²) in [7, 11) is 0. The SMILES string of the molecule is Cc1noc(C)c1-c1cncc(C(=O)Nc2ccccc2)c1. The molecule has 3 rings (SSSR count). The second-order valence-electron chi connectivity index (χ2n) is 4.98. The first-order valence-electron chi connectivity index (χ1n) is 6.90. The lowest BCUT2D eigenvalue weighted by Gasteiger charge is -2.06. The molecule has 0 spiro atoms. The topological polar surface area (TPSA) is 68.0 Å². The summed E-state index contributed by atoms with van der Waals surface area (Å²) in [6.45, 7) is 3.70. The van der Waals surface area contributed by atoms with E-state index in [1.807, 2.05) is 44.2 Å². The van der Waals surface area contributed by atoms with Gasteiger partial charge in [0.15, 0.2) is 0 Å². The summed E-state index contributed by atoms with van der Waals surface area (Å²) in [4.78, 5) is 16.5. The number of carbonyl (C=O) groups excluding carboxylic acids is 1. The quantitative estimate of drug-likeness (QED) is 0.801. The van der Waals surface area contributed by atoms with Crippen molar-refractivity contribution in [3.8, 4) is 11.1 Å². The molecule has 0 radical (unpaired) electrons. The lowest BCUT2D eigenvalue weighted by atomic mass is 10.0. The minimum absolute atomic E-state index is 0.202. The van der Waals surface area contributed by atoms with Crippen molar-refractivity contribution in [2.45, 2.75) is 13.8 Å². The Bertz CT molecular complexity index is 790. The van der Waals surface area contributed by atoms with Crippen molar-refractivity contribution in [3.05, 3.63) is 65.8 Å². The highest BCUT2D eigenvalue weighted by molar-refractivity contribution is 6.04. The maximum absolute atomic E-state index is 12.3. The third-order valence-corrected chi connectivity index (χ3v) is 3.35. The molecule has 1 N–H and O–H groups in total. The average Bonchev–Trinajstić information content (AvgIpc) is 2.87. The van der Waals surface area contributed by atoms with Crippen molar-refractivity contribution in [1.29, 1.82) is 0 Å². The predicted molar refractivity (Wildman–Crippen MR) is 83.6 cm³/mol. The van der Waals surface area contributed by atoms with Gasteiger partial charge < -0.3 is 9.84 Å². The van der Waals surface area contributed by atoms with Crippen LogP contribution in [0.5, 0.6) is 0 Å². The Kier molecular flexibility index (Phi) is 3.70. The minimum atomic E-state index is -0.202. The van der Waals surface area contributed by atoms with Crippen molar-refractivity contribution in [2.75, 3.05) is 5.32 Å². The molecule has 22 heavy (non-hydrogen) atoms. The average molecular weight is 293 g/mol. The highest BCUT2D eigenvalue weighted by Gasteiger charge is 2.14. The molecule has 0 aliphatic carbocycles. The number of benzene rings is 1. The van der Waals surface area contributed by atoms with Crippen LogP contribution in [0.2, 0.25) is 0 Å². The van der Waals surface area contributed by atoms with E-state index in [4.69, 9.17) is 4.52 Å². The number of pyridine rings is 1. The predicted octanol–water partition coefficient (Wildman–Crippen LogP) is 3.61. The summed E-state index contributed by atoms with van der Waals surface area (Å²) < 4.78 is 5.17. The fourth-order valence-electron chi connectivity index (χ4n) is 2.32. The second-order valence-corrected chi connectivity index (χ2v) is 4.98. The number of rotatable bonds is 3. The van der Waals surface area contributed by atoms with E-state index >= 15 is 0 Å². The van der Waals surface area contributed by atoms with E-state index in [0.29, 0.717) is 11.3 Å². The van der Waals surface area contributed by atoms with Crippen LogP contribution in [0.25, 0.3) is 11.1 Å². The zero-order chi connectivity index (χ0) is 15.5. The van der Waals surface area contributed by atoms with E-state index < -0.39 is 0 Å². The van der Waals surface area contributed by atoms with Crippen molar-refractivity contribution in [1.82, 2.24) is 10.1 Å². The summed E-state index contributed by atoms with van der Waals surface area (Å²) >= 11 is 0. The highest BCUT2D eigenvalue weighted by atomic mass is 16.5. The van der Waals surface area contributed by atoms with Gasteiger partial charge >= 0.3 is 0 Å². The van der Waals surface area contributed by atoms with E-state index in [9.17, 15) is 4.79 Å². The van der Waals surface area contributed by atoms with Gasteiger partial charge in [-0.25, -0.2) is 0 Å². The van der Waals surface area contributed by atoms with Crippen LogP contribution in [0, 0.1) is 13.8 Å². The number of aryl methyl sites for hydroxylation is 2. The Morgan fingerprint density at radius 1 is 1.14 bits per heavy atom. The van der Waals surface area contributed by atoms with E-state index in [-0.39, 0.29) is 5.91 Å². The van der Waals surface area contributed by atoms with Crippen LogP contribution in [-0.4, -0.2) is 16.0 Å². The molecule has 0 bridgehead atoms. The Hall–Kier alpha value is -2.95. The maximum Gasteiger partial charge on any atom is 0.257 e. The fourth-order valence-corrected chi connectivity index (χ4v) is 2.32. The largest absolute Gasteiger partial charge is 0.361 e. The molecule has 3 aromatic rings. The number of hydrogen-bond acceptors (Lipinski definition) is 4. The van der Waals surface area contributed by atoms with E-state index in [2.05, 4.69) is 15.5 Å². The van der Waals surface area contributed by atoms with E-state index in [1.54, 1.807) is 18.5 Å². The summed E-state index contributed by atoms with van der Waals surface area (Å²) in [5.74, 6) is 0.507. The van der Waals surface area contributed by atoms with E-state index in [0.717, 1.165) is 22.5 Å². The molecular formula is C17H15N3O2. The number of hydrogen-bond donors (Lipinski definition) is 1. The van der Waals surface area contributed by atoms with Gasteiger partial charge in [0.25, 0.3) is 5.91 Å². The van der Waals surface area contributed by atoms with Gasteiger partial charge in [-0.1, -0.05) is 23.4 Å². The number of amides is 1. The van der Waals surface area contributed by atoms with Crippen LogP contribution in [0.4, 0.5) is 5.69 Å². The Balaban J connectivity index is 1.90. The Morgan fingerprint density at radius 3 is 2.59 bits per heavy atom. The molecule has 1 amide bonds. The number of nitrogens with one attached hydrogen (secondary N) is 1. The molecular weight excluding hydrogens is 278 g/mol. The molecule has 2 aromatic heterocycles. The van der Waals surface area contributed by atoms with Crippen LogP contribution in [0.3, 0.4) is 0 Å². The zero-order valence-electron chi connectivity index (χ0n) is 12.3. The molecule has 0 aliphatic rings. The molecule has 5 heteroatoms. The molecule has 0 unspecified atom stereocenters. The van der Waals surface area contributed by atoms with Gasteiger partial charge in [0.1, 0.15) is 5.76 Å². The third kappa shape index (κ3) is 2.74. The monoisotopic (exact) mass is 293 g/mol. The number of aromatic nitrogens is 2. The van der Waals surface area contributed by atoms with Gasteiger partial charge in [0.05, 0.1) is 11.3 Å². The zero-order valence-corrected chi connectivity index (χ0v) is 12.3. The van der Waals surface area contributed by atoms with Gasteiger partial charge in [-0.3, -0.25) is 9.78 Å². The summed E-state index contributed by atoms with van der Waals surface area (Å²) in [6.07, 6.45) is 3.24. The third-order valence-electron chi connectivity index (χ3n) is 3.35. The van der Waals surface area contributed by atoms with E-state index in [1.165, 1.54) is 0 Å². The van der Waals surface area contributed by atoms with Crippen LogP contribution in [0.1, 0.15) is 21.8 Å². The number of carbonyl (C=O) groups is 1.